The van der Waals surface area contributed by atoms with E-state index in [1.54, 1.807) is 12.1 Å². The molecule has 2 aromatic rings. The summed E-state index contributed by atoms with van der Waals surface area (Å²) in [7, 11) is 4.15. The number of hydrogen-bond donors (Lipinski definition) is 1. The summed E-state index contributed by atoms with van der Waals surface area (Å²) in [6.07, 6.45) is 0. The van der Waals surface area contributed by atoms with Crippen molar-refractivity contribution in [2.75, 3.05) is 38.1 Å². The van der Waals surface area contributed by atoms with Crippen LogP contribution in [0.3, 0.4) is 0 Å². The first-order chi connectivity index (χ1) is 14.3. The molecule has 30 heavy (non-hydrogen) atoms. The normalized spacial score (nSPS) is 12.5. The molecule has 156 valence electrons. The van der Waals surface area contributed by atoms with Gasteiger partial charge in [-0.2, -0.15) is 0 Å². The monoisotopic (exact) mass is 412 g/mol. The molecule has 2 aromatic carbocycles. The van der Waals surface area contributed by atoms with Crippen molar-refractivity contribution in [1.82, 2.24) is 0 Å². The van der Waals surface area contributed by atoms with E-state index in [2.05, 4.69) is 5.32 Å². The Kier molecular flexibility index (Phi) is 5.72. The highest BCUT2D eigenvalue weighted by Gasteiger charge is 2.42. The summed E-state index contributed by atoms with van der Waals surface area (Å²) in [5.41, 5.74) is 1.10. The maximum Gasteiger partial charge on any atom is 0.300 e. The number of carbonyl (C=O) groups excluding carboxylic acids is 4. The Balaban J connectivity index is 1.95. The van der Waals surface area contributed by atoms with Crippen LogP contribution in [0.5, 0.6) is 17.2 Å². The van der Waals surface area contributed by atoms with Crippen molar-refractivity contribution in [3.63, 3.8) is 0 Å². The second kappa shape index (κ2) is 8.24. The smallest absolute Gasteiger partial charge is 0.300 e. The number of ether oxygens (including phenoxy) is 3. The summed E-state index contributed by atoms with van der Waals surface area (Å²) in [5.74, 6) is -1.75. The third-order valence-electron chi connectivity index (χ3n) is 4.60. The average Bonchev–Trinajstić information content (AvgIpc) is 2.96. The van der Waals surface area contributed by atoms with Crippen LogP contribution < -0.4 is 24.4 Å². The van der Waals surface area contributed by atoms with E-state index in [-0.39, 0.29) is 46.7 Å². The van der Waals surface area contributed by atoms with Gasteiger partial charge in [-0.05, 0) is 24.3 Å². The quantitative estimate of drug-likeness (QED) is 0.547. The lowest BCUT2D eigenvalue weighted by Gasteiger charge is -2.19. The minimum Gasteiger partial charge on any atom is -0.493 e. The molecule has 9 nitrogen and oxygen atoms in total. The molecule has 1 heterocycles. The molecule has 2 amide bonds. The Morgan fingerprint density at radius 2 is 1.60 bits per heavy atom. The van der Waals surface area contributed by atoms with Gasteiger partial charge in [-0.1, -0.05) is 0 Å². The number of methoxy groups -OCH3 is 3. The average molecular weight is 412 g/mol. The summed E-state index contributed by atoms with van der Waals surface area (Å²) in [6.45, 7) is 1.03. The van der Waals surface area contributed by atoms with Gasteiger partial charge in [-0.15, -0.1) is 0 Å². The third-order valence-corrected chi connectivity index (χ3v) is 4.60. The van der Waals surface area contributed by atoms with Gasteiger partial charge in [0, 0.05) is 24.2 Å². The number of nitrogens with zero attached hydrogens (tertiary/aromatic N) is 1. The second-order valence-electron chi connectivity index (χ2n) is 6.44. The molecule has 0 aliphatic carbocycles. The van der Waals surface area contributed by atoms with Crippen LogP contribution in [0, 0.1) is 0 Å². The van der Waals surface area contributed by atoms with E-state index in [4.69, 9.17) is 14.2 Å². The topological polar surface area (TPSA) is 111 Å². The highest BCUT2D eigenvalue weighted by Crippen LogP contribution is 2.48. The minimum atomic E-state index is -0.846. The Labute approximate surface area is 172 Å². The Hall–Kier alpha value is -3.88. The first-order valence-corrected chi connectivity index (χ1v) is 8.92. The molecule has 0 saturated carbocycles. The van der Waals surface area contributed by atoms with E-state index in [1.165, 1.54) is 46.5 Å². The summed E-state index contributed by atoms with van der Waals surface area (Å²) in [5, 5.41) is 2.61. The third kappa shape index (κ3) is 3.57. The number of benzene rings is 2. The molecule has 0 aromatic heterocycles. The van der Waals surface area contributed by atoms with Crippen LogP contribution in [0.4, 0.5) is 11.4 Å². The van der Waals surface area contributed by atoms with Crippen molar-refractivity contribution >= 4 is 34.8 Å². The maximum absolute atomic E-state index is 12.7. The molecule has 3 rings (SSSR count). The highest BCUT2D eigenvalue weighted by molar-refractivity contribution is 6.53. The number of hydrogen-bond acceptors (Lipinski definition) is 7. The van der Waals surface area contributed by atoms with Gasteiger partial charge in [0.2, 0.25) is 11.7 Å². The molecular weight excluding hydrogens is 392 g/mol. The molecule has 1 aliphatic rings. The van der Waals surface area contributed by atoms with Gasteiger partial charge in [0.25, 0.3) is 11.7 Å². The first kappa shape index (κ1) is 20.8. The van der Waals surface area contributed by atoms with E-state index in [1.807, 2.05) is 0 Å². The maximum atomic E-state index is 12.7. The number of nitrogens with one attached hydrogen (secondary N) is 1. The summed E-state index contributed by atoms with van der Waals surface area (Å²) < 4.78 is 15.8. The lowest BCUT2D eigenvalue weighted by atomic mass is 10.1. The van der Waals surface area contributed by atoms with Gasteiger partial charge in [0.1, 0.15) is 0 Å². The van der Waals surface area contributed by atoms with Gasteiger partial charge in [-0.25, -0.2) is 0 Å². The van der Waals surface area contributed by atoms with Crippen molar-refractivity contribution in [2.45, 2.75) is 6.92 Å². The van der Waals surface area contributed by atoms with E-state index < -0.39 is 11.7 Å². The van der Waals surface area contributed by atoms with Gasteiger partial charge >= 0.3 is 0 Å². The number of anilines is 2. The van der Waals surface area contributed by atoms with E-state index in [0.29, 0.717) is 11.3 Å². The molecule has 9 heteroatoms. The molecule has 0 atom stereocenters. The van der Waals surface area contributed by atoms with E-state index >= 15 is 0 Å². The molecule has 0 radical (unpaired) electrons. The van der Waals surface area contributed by atoms with Crippen LogP contribution in [-0.2, 0) is 9.59 Å². The number of amides is 2. The number of rotatable bonds is 7. The summed E-state index contributed by atoms with van der Waals surface area (Å²) >= 11 is 0. The second-order valence-corrected chi connectivity index (χ2v) is 6.44. The lowest BCUT2D eigenvalue weighted by molar-refractivity contribution is -0.114. The molecule has 1 N–H and O–H groups in total. The Morgan fingerprint density at radius 3 is 2.13 bits per heavy atom. The predicted molar refractivity (Wildman–Crippen MR) is 108 cm³/mol. The number of Topliss-reactive ketones (excluding diaryl/α,β-unsaturated/α-hetero) is 2. The van der Waals surface area contributed by atoms with Gasteiger partial charge in [0.05, 0.1) is 39.1 Å². The van der Waals surface area contributed by atoms with Crippen molar-refractivity contribution in [3.8, 4) is 17.2 Å². The van der Waals surface area contributed by atoms with Crippen LogP contribution in [-0.4, -0.2) is 51.3 Å². The van der Waals surface area contributed by atoms with Gasteiger partial charge in [0.15, 0.2) is 17.3 Å². The molecular formula is C21H20N2O7. The summed E-state index contributed by atoms with van der Waals surface area (Å²) in [4.78, 5) is 50.2. The van der Waals surface area contributed by atoms with Crippen molar-refractivity contribution in [2.24, 2.45) is 0 Å². The fourth-order valence-electron chi connectivity index (χ4n) is 3.25. The largest absolute Gasteiger partial charge is 0.493 e. The molecule has 1 aliphatic heterocycles. The Morgan fingerprint density at radius 1 is 0.967 bits per heavy atom. The number of carbonyl (C=O) groups is 4. The van der Waals surface area contributed by atoms with E-state index in [9.17, 15) is 19.2 Å². The molecule has 0 fully saturated rings. The van der Waals surface area contributed by atoms with Crippen molar-refractivity contribution in [3.05, 3.63) is 41.5 Å². The molecule has 0 unspecified atom stereocenters. The molecule has 0 saturated heterocycles. The lowest BCUT2D eigenvalue weighted by Crippen LogP contribution is -2.34. The van der Waals surface area contributed by atoms with E-state index in [0.717, 1.165) is 4.90 Å². The fourth-order valence-corrected chi connectivity index (χ4v) is 3.25. The van der Waals surface area contributed by atoms with Crippen LogP contribution in [0.15, 0.2) is 30.3 Å². The van der Waals surface area contributed by atoms with Crippen LogP contribution in [0.1, 0.15) is 27.6 Å². The number of fused-ring (bicyclic) bond motifs is 1. The van der Waals surface area contributed by atoms with Crippen molar-refractivity contribution in [1.29, 1.82) is 0 Å². The van der Waals surface area contributed by atoms with Crippen molar-refractivity contribution < 1.29 is 33.4 Å². The van der Waals surface area contributed by atoms with Gasteiger partial charge in [-0.3, -0.25) is 24.1 Å². The fraction of sp³-hybridized carbons (Fsp3) is 0.238. The van der Waals surface area contributed by atoms with Gasteiger partial charge < -0.3 is 19.5 Å². The minimum absolute atomic E-state index is 0.0222. The summed E-state index contributed by atoms with van der Waals surface area (Å²) in [6, 6.07) is 7.69. The SMILES string of the molecule is COc1cc2c(c(OC)c1OC)C(=O)C(=O)N2CC(=O)c1ccc(NC(C)=O)cc1. The highest BCUT2D eigenvalue weighted by atomic mass is 16.5. The predicted octanol–water partition coefficient (Wildman–Crippen LogP) is 2.08. The zero-order valence-electron chi connectivity index (χ0n) is 16.9. The molecule has 0 bridgehead atoms. The molecule has 0 spiro atoms. The Bertz CT molecular complexity index is 1040. The van der Waals surface area contributed by atoms with Crippen LogP contribution >= 0.6 is 0 Å². The van der Waals surface area contributed by atoms with Crippen LogP contribution in [0.25, 0.3) is 0 Å². The number of ketones is 2. The van der Waals surface area contributed by atoms with Crippen LogP contribution in [0.2, 0.25) is 0 Å². The standard InChI is InChI=1S/C21H20N2O7/c1-11(24)22-13-7-5-12(6-8-13)15(25)10-23-14-9-16(28-2)19(29-3)20(30-4)17(14)18(26)21(23)27/h5-9H,10H2,1-4H3,(H,22,24). The zero-order chi connectivity index (χ0) is 22.0. The zero-order valence-corrected chi connectivity index (χ0v) is 16.9. The first-order valence-electron chi connectivity index (χ1n) is 8.92.